The number of aromatic nitrogens is 1. The van der Waals surface area contributed by atoms with Crippen LogP contribution >= 0.6 is 11.8 Å². The molecule has 2 heterocycles. The quantitative estimate of drug-likeness (QED) is 0.841. The van der Waals surface area contributed by atoms with E-state index >= 15 is 0 Å². The number of hydrogen-bond acceptors (Lipinski definition) is 5. The number of amides is 1. The molecule has 2 aliphatic rings. The highest BCUT2D eigenvalue weighted by Gasteiger charge is 2.48. The van der Waals surface area contributed by atoms with Gasteiger partial charge in [-0.05, 0) is 49.1 Å². The lowest BCUT2D eigenvalue weighted by atomic mass is 9.81. The van der Waals surface area contributed by atoms with Crippen molar-refractivity contribution in [2.45, 2.75) is 24.8 Å². The van der Waals surface area contributed by atoms with Gasteiger partial charge in [0.05, 0.1) is 11.7 Å². The number of anilines is 1. The van der Waals surface area contributed by atoms with E-state index in [4.69, 9.17) is 5.73 Å². The van der Waals surface area contributed by atoms with Gasteiger partial charge < -0.3 is 11.1 Å². The van der Waals surface area contributed by atoms with Crippen molar-refractivity contribution < 1.29 is 13.6 Å². The monoisotopic (exact) mass is 388 g/mol. The molecule has 1 aromatic carbocycles. The van der Waals surface area contributed by atoms with Gasteiger partial charge in [0.2, 0.25) is 0 Å². The van der Waals surface area contributed by atoms with Crippen LogP contribution in [-0.4, -0.2) is 21.8 Å². The zero-order chi connectivity index (χ0) is 19.0. The van der Waals surface area contributed by atoms with Gasteiger partial charge in [-0.2, -0.15) is 0 Å². The van der Waals surface area contributed by atoms with Gasteiger partial charge in [0, 0.05) is 17.0 Å². The number of hydrogen-bond donors (Lipinski definition) is 2. The summed E-state index contributed by atoms with van der Waals surface area (Å²) in [6.45, 7) is 0. The third-order valence-corrected chi connectivity index (χ3v) is 6.13. The molecule has 8 heteroatoms. The molecule has 0 unspecified atom stereocenters. The summed E-state index contributed by atoms with van der Waals surface area (Å²) in [5.74, 6) is -0.342. The Morgan fingerprint density at radius 2 is 2.15 bits per heavy atom. The van der Waals surface area contributed by atoms with Crippen molar-refractivity contribution in [3.63, 3.8) is 0 Å². The van der Waals surface area contributed by atoms with Crippen LogP contribution in [0.4, 0.5) is 14.5 Å². The van der Waals surface area contributed by atoms with E-state index in [-0.39, 0.29) is 17.4 Å². The third-order valence-electron chi connectivity index (χ3n) is 5.18. The molecule has 1 aliphatic carbocycles. The number of thioether (sulfide) groups is 1. The molecular formula is C19H18F2N4OS. The molecule has 5 nitrogen and oxygen atoms in total. The van der Waals surface area contributed by atoms with E-state index in [1.165, 1.54) is 30.0 Å². The summed E-state index contributed by atoms with van der Waals surface area (Å²) in [6, 6.07) is 6.91. The second-order valence-electron chi connectivity index (χ2n) is 6.78. The maximum Gasteiger partial charge on any atom is 0.274 e. The van der Waals surface area contributed by atoms with E-state index in [0.29, 0.717) is 16.4 Å². The fourth-order valence-electron chi connectivity index (χ4n) is 3.90. The highest BCUT2D eigenvalue weighted by atomic mass is 32.2. The topological polar surface area (TPSA) is 80.4 Å². The summed E-state index contributed by atoms with van der Waals surface area (Å²) in [5, 5.41) is 3.17. The first kappa shape index (κ1) is 17.9. The molecule has 27 heavy (non-hydrogen) atoms. The van der Waals surface area contributed by atoms with Crippen molar-refractivity contribution >= 4 is 28.5 Å². The number of aliphatic imine (C=N–C) groups is 1. The summed E-state index contributed by atoms with van der Waals surface area (Å²) >= 11 is 1.50. The number of carbonyl (C=O) groups is 1. The van der Waals surface area contributed by atoms with Crippen molar-refractivity contribution in [1.29, 1.82) is 0 Å². The smallest absolute Gasteiger partial charge is 0.274 e. The van der Waals surface area contributed by atoms with Crippen LogP contribution in [0.3, 0.4) is 0 Å². The van der Waals surface area contributed by atoms with Gasteiger partial charge in [-0.3, -0.25) is 9.79 Å². The molecule has 4 rings (SSSR count). The second-order valence-corrected chi connectivity index (χ2v) is 7.83. The van der Waals surface area contributed by atoms with Gasteiger partial charge in [-0.15, -0.1) is 0 Å². The molecule has 2 atom stereocenters. The molecule has 1 saturated carbocycles. The van der Waals surface area contributed by atoms with Gasteiger partial charge in [0.25, 0.3) is 5.91 Å². The van der Waals surface area contributed by atoms with Gasteiger partial charge in [0.1, 0.15) is 17.3 Å². The first-order valence-corrected chi connectivity index (χ1v) is 9.67. The van der Waals surface area contributed by atoms with Gasteiger partial charge in [-0.25, -0.2) is 13.8 Å². The van der Waals surface area contributed by atoms with Crippen LogP contribution in [0.15, 0.2) is 41.5 Å². The first-order chi connectivity index (χ1) is 13.0. The lowest BCUT2D eigenvalue weighted by Crippen LogP contribution is -2.37. The Balaban J connectivity index is 1.67. The number of halogens is 2. The SMILES string of the molecule is NC1=N[C@@]2(c3cc(NC(=O)c4ccc(F)cn4)ccc3F)CCC[C@H]2CS1. The molecule has 140 valence electrons. The summed E-state index contributed by atoms with van der Waals surface area (Å²) < 4.78 is 27.7. The van der Waals surface area contributed by atoms with Crippen molar-refractivity contribution in [2.24, 2.45) is 16.6 Å². The van der Waals surface area contributed by atoms with Crippen LogP contribution in [0, 0.1) is 17.6 Å². The van der Waals surface area contributed by atoms with E-state index < -0.39 is 17.3 Å². The standard InChI is InChI=1S/C19H18F2N4OS/c20-12-3-6-16(23-9-12)17(26)24-13-4-5-15(21)14(8-13)19-7-1-2-11(19)10-27-18(22)25-19/h3-6,8-9,11H,1-2,7,10H2,(H2,22,25)(H,24,26)/t11-,19-/m0/s1. The maximum atomic E-state index is 14.7. The Morgan fingerprint density at radius 1 is 1.30 bits per heavy atom. The van der Waals surface area contributed by atoms with Crippen LogP contribution in [0.25, 0.3) is 0 Å². The fourth-order valence-corrected chi connectivity index (χ4v) is 4.94. The van der Waals surface area contributed by atoms with Crippen molar-refractivity contribution in [2.75, 3.05) is 11.1 Å². The summed E-state index contributed by atoms with van der Waals surface area (Å²) in [4.78, 5) is 20.7. The Labute approximate surface area is 159 Å². The molecule has 0 radical (unpaired) electrons. The highest BCUT2D eigenvalue weighted by Crippen LogP contribution is 2.51. The number of carbonyl (C=O) groups excluding carboxylic acids is 1. The Kier molecular flexibility index (Phi) is 4.59. The van der Waals surface area contributed by atoms with E-state index in [1.54, 1.807) is 6.07 Å². The summed E-state index contributed by atoms with van der Waals surface area (Å²) in [6.07, 6.45) is 3.63. The highest BCUT2D eigenvalue weighted by molar-refractivity contribution is 8.13. The summed E-state index contributed by atoms with van der Waals surface area (Å²) in [5.41, 5.74) is 6.25. The lowest BCUT2D eigenvalue weighted by molar-refractivity contribution is 0.102. The fraction of sp³-hybridized carbons (Fsp3) is 0.316. The number of pyridine rings is 1. The van der Waals surface area contributed by atoms with Crippen molar-refractivity contribution in [3.05, 3.63) is 59.4 Å². The number of nitrogens with zero attached hydrogens (tertiary/aromatic N) is 2. The van der Waals surface area contributed by atoms with Crippen molar-refractivity contribution in [1.82, 2.24) is 4.98 Å². The Morgan fingerprint density at radius 3 is 2.93 bits per heavy atom. The Hall–Kier alpha value is -2.48. The molecule has 0 bridgehead atoms. The zero-order valence-electron chi connectivity index (χ0n) is 14.4. The molecular weight excluding hydrogens is 370 g/mol. The van der Waals surface area contributed by atoms with Crippen molar-refractivity contribution in [3.8, 4) is 0 Å². The zero-order valence-corrected chi connectivity index (χ0v) is 15.2. The minimum absolute atomic E-state index is 0.0792. The number of rotatable bonds is 3. The minimum atomic E-state index is -0.672. The van der Waals surface area contributed by atoms with E-state index in [9.17, 15) is 13.6 Å². The average Bonchev–Trinajstić information content (AvgIpc) is 3.07. The predicted octanol–water partition coefficient (Wildman–Crippen LogP) is 3.67. The van der Waals surface area contributed by atoms with E-state index in [0.717, 1.165) is 37.3 Å². The van der Waals surface area contributed by atoms with Gasteiger partial charge >= 0.3 is 0 Å². The molecule has 1 fully saturated rings. The summed E-state index contributed by atoms with van der Waals surface area (Å²) in [7, 11) is 0. The molecule has 2 aromatic rings. The molecule has 1 aliphatic heterocycles. The van der Waals surface area contributed by atoms with Crippen LogP contribution in [0.1, 0.15) is 35.3 Å². The van der Waals surface area contributed by atoms with E-state index in [2.05, 4.69) is 15.3 Å². The largest absolute Gasteiger partial charge is 0.379 e. The predicted molar refractivity (Wildman–Crippen MR) is 102 cm³/mol. The molecule has 3 N–H and O–H groups in total. The number of nitrogens with two attached hydrogens (primary N) is 1. The molecule has 1 amide bonds. The Bertz CT molecular complexity index is 918. The number of benzene rings is 1. The maximum absolute atomic E-state index is 14.7. The molecule has 0 spiro atoms. The van der Waals surface area contributed by atoms with Gasteiger partial charge in [-0.1, -0.05) is 18.2 Å². The minimum Gasteiger partial charge on any atom is -0.379 e. The number of fused-ring (bicyclic) bond motifs is 1. The number of amidine groups is 1. The second kappa shape index (κ2) is 6.92. The van der Waals surface area contributed by atoms with Crippen LogP contribution < -0.4 is 11.1 Å². The average molecular weight is 388 g/mol. The first-order valence-electron chi connectivity index (χ1n) is 8.69. The van der Waals surface area contributed by atoms with Crippen LogP contribution in [-0.2, 0) is 5.54 Å². The lowest BCUT2D eigenvalue weighted by Gasteiger charge is -2.36. The molecule has 1 aromatic heterocycles. The van der Waals surface area contributed by atoms with E-state index in [1.807, 2.05) is 0 Å². The number of nitrogens with one attached hydrogen (secondary N) is 1. The van der Waals surface area contributed by atoms with Gasteiger partial charge in [0.15, 0.2) is 5.17 Å². The normalized spacial score (nSPS) is 24.2. The van der Waals surface area contributed by atoms with Crippen LogP contribution in [0.5, 0.6) is 0 Å². The van der Waals surface area contributed by atoms with Crippen LogP contribution in [0.2, 0.25) is 0 Å². The third kappa shape index (κ3) is 3.29. The molecule has 0 saturated heterocycles.